The molecule has 15 heteroatoms. The van der Waals surface area contributed by atoms with Crippen LogP contribution in [-0.2, 0) is 38.2 Å². The van der Waals surface area contributed by atoms with Crippen molar-refractivity contribution in [2.24, 2.45) is 98.1 Å². The van der Waals surface area contributed by atoms with E-state index in [1.165, 1.54) is 26.2 Å². The average molecular weight is 1140 g/mol. The highest BCUT2D eigenvalue weighted by molar-refractivity contribution is 5.90. The Morgan fingerprint density at radius 1 is 0.815 bits per heavy atom. The van der Waals surface area contributed by atoms with Gasteiger partial charge in [0.15, 0.2) is 0 Å². The fraction of sp³-hybridized carbons (Fsp3) is 0.879. The quantitative estimate of drug-likeness (QED) is 0.0366. The van der Waals surface area contributed by atoms with Crippen molar-refractivity contribution in [3.63, 3.8) is 0 Å². The topological polar surface area (TPSA) is 195 Å². The Morgan fingerprint density at radius 2 is 1.51 bits per heavy atom. The van der Waals surface area contributed by atoms with Gasteiger partial charge in [0.25, 0.3) is 6.47 Å². The molecule has 5 aliphatic carbocycles. The SMILES string of the molecule is C=C(CCNC(=O)[C@H](C)[C@@H](CO)C1CCCN1C(=O)C[C@@H](CO)[C@H]([C@@H](C)CC)N(C)C(=O)[C@@H](NC(=O)[C@H](C(C)C)N(C)C)C(C)C)[C@@H]1CC[C@]2(COC(C)=O)CC[C@]3(C)C(CCC4[C@@]5(C)CC[C@H](COC=O)C(C)(C)[C@@H]5CC[C@]43C)[C@@H]12. The number of nitrogens with zero attached hydrogens (tertiary/aromatic N) is 3. The molecule has 18 atom stereocenters. The molecule has 6 rings (SSSR count). The fourth-order valence-electron chi connectivity index (χ4n) is 19.6. The van der Waals surface area contributed by atoms with Gasteiger partial charge in [-0.25, -0.2) is 0 Å². The first-order valence-corrected chi connectivity index (χ1v) is 31.9. The molecule has 15 nitrogen and oxygen atoms in total. The minimum absolute atomic E-state index is 0.0155. The Labute approximate surface area is 489 Å². The number of likely N-dealkylation sites (N-methyl/N-ethyl adjacent to an activating group) is 2. The minimum atomic E-state index is -0.806. The summed E-state index contributed by atoms with van der Waals surface area (Å²) in [7, 11) is 5.42. The van der Waals surface area contributed by atoms with Gasteiger partial charge in [-0.2, -0.15) is 0 Å². The number of nitrogens with one attached hydrogen (secondary N) is 2. The lowest BCUT2D eigenvalue weighted by atomic mass is 9.32. The number of hydrogen-bond donors (Lipinski definition) is 4. The maximum Gasteiger partial charge on any atom is 0.302 e. The minimum Gasteiger partial charge on any atom is -0.468 e. The van der Waals surface area contributed by atoms with E-state index >= 15 is 0 Å². The van der Waals surface area contributed by atoms with Crippen LogP contribution in [0.5, 0.6) is 0 Å². The number of likely N-dealkylation sites (tertiary alicyclic amines) is 1. The summed E-state index contributed by atoms with van der Waals surface area (Å²) in [5.74, 6) is -0.595. The van der Waals surface area contributed by atoms with Gasteiger partial charge in [-0.1, -0.05) is 102 Å². The van der Waals surface area contributed by atoms with Crippen LogP contribution in [0, 0.1) is 98.1 Å². The molecule has 6 fully saturated rings. The van der Waals surface area contributed by atoms with Crippen LogP contribution in [-0.4, -0.2) is 146 Å². The van der Waals surface area contributed by atoms with Gasteiger partial charge in [-0.05, 0) is 172 Å². The fourth-order valence-corrected chi connectivity index (χ4v) is 19.6. The van der Waals surface area contributed by atoms with E-state index in [0.29, 0.717) is 81.6 Å². The van der Waals surface area contributed by atoms with Gasteiger partial charge in [0.05, 0.1) is 19.3 Å². The summed E-state index contributed by atoms with van der Waals surface area (Å²) in [4.78, 5) is 86.0. The Morgan fingerprint density at radius 3 is 2.10 bits per heavy atom. The third kappa shape index (κ3) is 12.9. The summed E-state index contributed by atoms with van der Waals surface area (Å²) in [5.41, 5.74) is 1.49. The van der Waals surface area contributed by atoms with E-state index in [2.05, 4.69) is 45.3 Å². The summed E-state index contributed by atoms with van der Waals surface area (Å²) in [6.07, 6.45) is 13.6. The lowest BCUT2D eigenvalue weighted by Gasteiger charge is -2.73. The lowest BCUT2D eigenvalue weighted by molar-refractivity contribution is -0.246. The third-order valence-electron chi connectivity index (χ3n) is 24.3. The van der Waals surface area contributed by atoms with E-state index in [4.69, 9.17) is 16.1 Å². The number of esters is 1. The Kier molecular flexibility index (Phi) is 22.0. The first-order valence-electron chi connectivity index (χ1n) is 31.9. The highest BCUT2D eigenvalue weighted by Crippen LogP contribution is 2.78. The van der Waals surface area contributed by atoms with Gasteiger partial charge >= 0.3 is 5.97 Å². The van der Waals surface area contributed by atoms with Gasteiger partial charge < -0.3 is 40.1 Å². The second-order valence-corrected chi connectivity index (χ2v) is 29.5. The summed E-state index contributed by atoms with van der Waals surface area (Å²) >= 11 is 0. The highest BCUT2D eigenvalue weighted by Gasteiger charge is 2.71. The number of carbonyl (C=O) groups excluding carboxylic acids is 6. The van der Waals surface area contributed by atoms with E-state index < -0.39 is 35.9 Å². The van der Waals surface area contributed by atoms with Crippen LogP contribution in [0.2, 0.25) is 0 Å². The third-order valence-corrected chi connectivity index (χ3v) is 24.3. The number of carbonyl (C=O) groups is 6. The molecule has 81 heavy (non-hydrogen) atoms. The monoisotopic (exact) mass is 1140 g/mol. The standard InChI is InChI=1S/C66H113N5O10/c1-18-42(6)58(70(17)61(79)56(40(2)3)68-60(78)57(41(4)5)69(15)16)46(35-72)34-54(76)71-33-19-20-51(71)49(36-73)44(8)59(77)67-32-26-43(7)48-24-29-66(38-81-45(9)75)31-30-64(13)50(55(48)66)21-22-53-63(12)27-23-47(37-80-39-74)62(10,11)52(63)25-28-65(53,64)14/h39-42,44,46-53,55-58,72-73H,7,18-38H2,1-6,8-17H3,(H,67,77)(H,68,78)/t42-,44+,46-,47+,48-,49+,50?,51?,52-,53?,55+,56-,57-,58-,63-,64+,65+,66+/m0/s1. The number of aliphatic hydroxyl groups is 2. The van der Waals surface area contributed by atoms with Crippen LogP contribution in [0.4, 0.5) is 0 Å². The normalized spacial score (nSPS) is 34.0. The van der Waals surface area contributed by atoms with Crippen molar-refractivity contribution in [2.45, 2.75) is 210 Å². The van der Waals surface area contributed by atoms with Gasteiger partial charge in [0.1, 0.15) is 6.04 Å². The summed E-state index contributed by atoms with van der Waals surface area (Å²) < 4.78 is 11.4. The zero-order valence-electron chi connectivity index (χ0n) is 53.4. The zero-order chi connectivity index (χ0) is 60.3. The molecule has 462 valence electrons. The molecule has 1 aliphatic heterocycles. The Balaban J connectivity index is 1.12. The van der Waals surface area contributed by atoms with Crippen LogP contribution in [0.15, 0.2) is 12.2 Å². The molecule has 3 unspecified atom stereocenters. The maximum absolute atomic E-state index is 14.6. The molecule has 0 bridgehead atoms. The van der Waals surface area contributed by atoms with Crippen molar-refractivity contribution in [3.05, 3.63) is 12.2 Å². The maximum atomic E-state index is 14.6. The lowest BCUT2D eigenvalue weighted by Crippen LogP contribution is -2.66. The predicted octanol–water partition coefficient (Wildman–Crippen LogP) is 9.32. The van der Waals surface area contributed by atoms with Gasteiger partial charge in [0.2, 0.25) is 23.6 Å². The molecule has 5 saturated carbocycles. The van der Waals surface area contributed by atoms with Crippen LogP contribution < -0.4 is 10.6 Å². The van der Waals surface area contributed by atoms with Gasteiger partial charge in [-0.3, -0.25) is 33.7 Å². The smallest absolute Gasteiger partial charge is 0.302 e. The number of aliphatic hydroxyl groups excluding tert-OH is 2. The van der Waals surface area contributed by atoms with E-state index in [9.17, 15) is 39.0 Å². The molecule has 0 spiro atoms. The largest absolute Gasteiger partial charge is 0.468 e. The van der Waals surface area contributed by atoms with Crippen molar-refractivity contribution in [1.82, 2.24) is 25.3 Å². The number of rotatable bonds is 26. The van der Waals surface area contributed by atoms with E-state index in [1.807, 2.05) is 67.5 Å². The summed E-state index contributed by atoms with van der Waals surface area (Å²) in [5, 5.41) is 28.3. The Hall–Kier alpha value is -3.56. The summed E-state index contributed by atoms with van der Waals surface area (Å²) in [6, 6.07) is -2.12. The molecule has 0 radical (unpaired) electrons. The first kappa shape index (κ1) is 66.6. The second-order valence-electron chi connectivity index (χ2n) is 29.5. The zero-order valence-corrected chi connectivity index (χ0v) is 53.4. The van der Waals surface area contributed by atoms with E-state index in [0.717, 1.165) is 56.9 Å². The molecule has 1 heterocycles. The molecular weight excluding hydrogens is 1020 g/mol. The number of ether oxygens (including phenoxy) is 2. The van der Waals surface area contributed by atoms with Crippen molar-refractivity contribution >= 4 is 36.1 Å². The predicted molar refractivity (Wildman–Crippen MR) is 318 cm³/mol. The van der Waals surface area contributed by atoms with Crippen LogP contribution in [0.3, 0.4) is 0 Å². The van der Waals surface area contributed by atoms with Crippen molar-refractivity contribution in [2.75, 3.05) is 60.7 Å². The molecule has 4 N–H and O–H groups in total. The van der Waals surface area contributed by atoms with Crippen LogP contribution in [0.1, 0.15) is 186 Å². The van der Waals surface area contributed by atoms with Crippen molar-refractivity contribution in [1.29, 1.82) is 0 Å². The van der Waals surface area contributed by atoms with Crippen molar-refractivity contribution < 1.29 is 48.5 Å². The Bertz CT molecular complexity index is 2210. The average Bonchev–Trinajstić information content (AvgIpc) is 4.07. The molecule has 6 aliphatic rings. The molecule has 4 amide bonds. The van der Waals surface area contributed by atoms with Crippen LogP contribution in [0.25, 0.3) is 0 Å². The molecule has 0 aromatic heterocycles. The molecule has 0 aromatic rings. The van der Waals surface area contributed by atoms with Crippen molar-refractivity contribution in [3.8, 4) is 0 Å². The van der Waals surface area contributed by atoms with E-state index in [1.54, 1.807) is 16.8 Å². The van der Waals surface area contributed by atoms with Gasteiger partial charge in [-0.15, -0.1) is 0 Å². The number of fused-ring (bicyclic) bond motifs is 7. The highest BCUT2D eigenvalue weighted by atomic mass is 16.5. The number of hydrogen-bond acceptors (Lipinski definition) is 11. The van der Waals surface area contributed by atoms with Crippen LogP contribution >= 0.6 is 0 Å². The second kappa shape index (κ2) is 26.8. The molecule has 1 saturated heterocycles. The first-order chi connectivity index (χ1) is 38.0. The molecule has 0 aromatic carbocycles. The summed E-state index contributed by atoms with van der Waals surface area (Å²) in [6.45, 7) is 34.5. The van der Waals surface area contributed by atoms with E-state index in [-0.39, 0.29) is 106 Å². The molecular formula is C66H113N5O10. The number of amides is 4. The van der Waals surface area contributed by atoms with Gasteiger partial charge in [0, 0.05) is 81.9 Å².